The first-order chi connectivity index (χ1) is 6.81. The molecule has 0 spiro atoms. The predicted octanol–water partition coefficient (Wildman–Crippen LogP) is 2.09. The van der Waals surface area contributed by atoms with E-state index in [1.807, 2.05) is 6.92 Å². The Labute approximate surface area is 94.7 Å². The van der Waals surface area contributed by atoms with Crippen molar-refractivity contribution in [3.8, 4) is 0 Å². The zero-order valence-corrected chi connectivity index (χ0v) is 10.4. The first-order valence-electron chi connectivity index (χ1n) is 5.21. The predicted molar refractivity (Wildman–Crippen MR) is 61.8 cm³/mol. The first kappa shape index (κ1) is 13.9. The Kier molecular flexibility index (Phi) is 10.9. The molecule has 0 saturated heterocycles. The van der Waals surface area contributed by atoms with Gasteiger partial charge in [-0.2, -0.15) is 0 Å². The number of hydrogen-bond acceptors (Lipinski definition) is 2. The Morgan fingerprint density at radius 1 is 1.29 bits per heavy atom. The Hall–Kier alpha value is -0.0900. The number of hydrogen-bond donors (Lipinski definition) is 1. The Morgan fingerprint density at radius 3 is 2.64 bits per heavy atom. The van der Waals surface area contributed by atoms with E-state index < -0.39 is 0 Å². The van der Waals surface area contributed by atoms with E-state index in [0.717, 1.165) is 18.3 Å². The summed E-state index contributed by atoms with van der Waals surface area (Å²) in [5, 5.41) is 3.89. The molecule has 0 aromatic heterocycles. The van der Waals surface area contributed by atoms with Crippen LogP contribution in [0.25, 0.3) is 0 Å². The molecule has 0 aromatic rings. The second-order valence-corrected chi connectivity index (χ2v) is 3.88. The number of amides is 1. The maximum absolute atomic E-state index is 11.0. The summed E-state index contributed by atoms with van der Waals surface area (Å²) in [6.07, 6.45) is 4.69. The van der Waals surface area contributed by atoms with Gasteiger partial charge >= 0.3 is 0 Å². The summed E-state index contributed by atoms with van der Waals surface area (Å²) >= 11 is 3.38. The molecule has 4 heteroatoms. The molecule has 1 amide bonds. The summed E-state index contributed by atoms with van der Waals surface area (Å²) in [5.41, 5.74) is 0. The van der Waals surface area contributed by atoms with Gasteiger partial charge < -0.3 is 10.1 Å². The molecule has 0 saturated carbocycles. The highest BCUT2D eigenvalue weighted by molar-refractivity contribution is 9.09. The molecule has 0 aliphatic rings. The molecule has 3 nitrogen and oxygen atoms in total. The lowest BCUT2D eigenvalue weighted by Crippen LogP contribution is -2.28. The lowest BCUT2D eigenvalue weighted by molar-refractivity contribution is -0.125. The summed E-state index contributed by atoms with van der Waals surface area (Å²) in [6.45, 7) is 3.44. The van der Waals surface area contributed by atoms with Gasteiger partial charge in [-0.3, -0.25) is 4.79 Å². The van der Waals surface area contributed by atoms with Crippen molar-refractivity contribution in [2.45, 2.75) is 32.6 Å². The molecule has 84 valence electrons. The largest absolute Gasteiger partial charge is 0.372 e. The molecule has 1 N–H and O–H groups in total. The van der Waals surface area contributed by atoms with Crippen LogP contribution in [0.1, 0.15) is 32.6 Å². The maximum Gasteiger partial charge on any atom is 0.245 e. The fourth-order valence-corrected chi connectivity index (χ4v) is 1.44. The summed E-state index contributed by atoms with van der Waals surface area (Å²) in [6, 6.07) is 0. The zero-order chi connectivity index (χ0) is 10.6. The van der Waals surface area contributed by atoms with Gasteiger partial charge in [-0.05, 0) is 19.8 Å². The van der Waals surface area contributed by atoms with Crippen LogP contribution < -0.4 is 5.32 Å². The third-order valence-electron chi connectivity index (χ3n) is 1.82. The monoisotopic (exact) mass is 265 g/mol. The van der Waals surface area contributed by atoms with Crippen LogP contribution in [-0.4, -0.2) is 31.0 Å². The fourth-order valence-electron chi connectivity index (χ4n) is 1.05. The molecule has 0 bridgehead atoms. The maximum atomic E-state index is 11.0. The van der Waals surface area contributed by atoms with Crippen molar-refractivity contribution in [1.29, 1.82) is 0 Å². The highest BCUT2D eigenvalue weighted by Crippen LogP contribution is 2.00. The standard InChI is InChI=1S/C10H20BrNO2/c1-2-14-9-10(13)12-8-6-4-3-5-7-11/h2-9H2,1H3,(H,12,13). The summed E-state index contributed by atoms with van der Waals surface area (Å²) in [7, 11) is 0. The van der Waals surface area contributed by atoms with E-state index in [2.05, 4.69) is 21.2 Å². The second kappa shape index (κ2) is 11.0. The average Bonchev–Trinajstić information content (AvgIpc) is 2.20. The van der Waals surface area contributed by atoms with Crippen molar-refractivity contribution in [3.05, 3.63) is 0 Å². The van der Waals surface area contributed by atoms with Crippen LogP contribution >= 0.6 is 15.9 Å². The number of unbranched alkanes of at least 4 members (excludes halogenated alkanes) is 3. The number of rotatable bonds is 9. The highest BCUT2D eigenvalue weighted by atomic mass is 79.9. The third-order valence-corrected chi connectivity index (χ3v) is 2.38. The molecular formula is C10H20BrNO2. The van der Waals surface area contributed by atoms with Gasteiger partial charge in [-0.1, -0.05) is 28.8 Å². The molecule has 0 atom stereocenters. The van der Waals surface area contributed by atoms with Crippen molar-refractivity contribution in [1.82, 2.24) is 5.32 Å². The summed E-state index contributed by atoms with van der Waals surface area (Å²) in [4.78, 5) is 11.0. The molecule has 0 aliphatic heterocycles. The van der Waals surface area contributed by atoms with E-state index in [1.54, 1.807) is 0 Å². The van der Waals surface area contributed by atoms with Gasteiger partial charge in [0, 0.05) is 18.5 Å². The number of carbonyl (C=O) groups excluding carboxylic acids is 1. The van der Waals surface area contributed by atoms with Gasteiger partial charge in [-0.15, -0.1) is 0 Å². The van der Waals surface area contributed by atoms with E-state index in [9.17, 15) is 4.79 Å². The van der Waals surface area contributed by atoms with Gasteiger partial charge in [0.05, 0.1) is 0 Å². The topological polar surface area (TPSA) is 38.3 Å². The van der Waals surface area contributed by atoms with Gasteiger partial charge in [0.15, 0.2) is 0 Å². The third kappa shape index (κ3) is 9.99. The minimum absolute atomic E-state index is 0.00709. The lowest BCUT2D eigenvalue weighted by atomic mass is 10.2. The van der Waals surface area contributed by atoms with Gasteiger partial charge in [0.1, 0.15) is 6.61 Å². The number of halogens is 1. The van der Waals surface area contributed by atoms with E-state index in [-0.39, 0.29) is 12.5 Å². The van der Waals surface area contributed by atoms with Crippen LogP contribution in [0.4, 0.5) is 0 Å². The first-order valence-corrected chi connectivity index (χ1v) is 6.33. The van der Waals surface area contributed by atoms with Crippen LogP contribution in [0.2, 0.25) is 0 Å². The van der Waals surface area contributed by atoms with E-state index >= 15 is 0 Å². The second-order valence-electron chi connectivity index (χ2n) is 3.09. The van der Waals surface area contributed by atoms with Crippen LogP contribution in [0.3, 0.4) is 0 Å². The minimum Gasteiger partial charge on any atom is -0.372 e. The Balaban J connectivity index is 3.07. The molecule has 0 aliphatic carbocycles. The summed E-state index contributed by atoms with van der Waals surface area (Å²) < 4.78 is 4.97. The molecule has 0 aromatic carbocycles. The molecule has 0 unspecified atom stereocenters. The normalized spacial score (nSPS) is 10.1. The molecule has 0 heterocycles. The number of ether oxygens (including phenoxy) is 1. The quantitative estimate of drug-likeness (QED) is 0.512. The smallest absolute Gasteiger partial charge is 0.245 e. The van der Waals surface area contributed by atoms with Gasteiger partial charge in [-0.25, -0.2) is 0 Å². The molecular weight excluding hydrogens is 246 g/mol. The highest BCUT2D eigenvalue weighted by Gasteiger charge is 1.98. The molecule has 0 radical (unpaired) electrons. The zero-order valence-electron chi connectivity index (χ0n) is 8.85. The minimum atomic E-state index is -0.00709. The van der Waals surface area contributed by atoms with Gasteiger partial charge in [0.2, 0.25) is 5.91 Å². The number of nitrogens with one attached hydrogen (secondary N) is 1. The number of carbonyl (C=O) groups is 1. The Morgan fingerprint density at radius 2 is 2.00 bits per heavy atom. The molecule has 0 rings (SSSR count). The van der Waals surface area contributed by atoms with Crippen molar-refractivity contribution < 1.29 is 9.53 Å². The van der Waals surface area contributed by atoms with Crippen molar-refractivity contribution in [3.63, 3.8) is 0 Å². The van der Waals surface area contributed by atoms with Crippen molar-refractivity contribution >= 4 is 21.8 Å². The molecule has 14 heavy (non-hydrogen) atoms. The average molecular weight is 266 g/mol. The van der Waals surface area contributed by atoms with Crippen LogP contribution in [-0.2, 0) is 9.53 Å². The summed E-state index contributed by atoms with van der Waals surface area (Å²) in [5.74, 6) is -0.00709. The van der Waals surface area contributed by atoms with Crippen molar-refractivity contribution in [2.24, 2.45) is 0 Å². The van der Waals surface area contributed by atoms with Crippen molar-refractivity contribution in [2.75, 3.05) is 25.1 Å². The van der Waals surface area contributed by atoms with Crippen LogP contribution in [0.5, 0.6) is 0 Å². The van der Waals surface area contributed by atoms with E-state index in [1.165, 1.54) is 19.3 Å². The SMILES string of the molecule is CCOCC(=O)NCCCCCCBr. The lowest BCUT2D eigenvalue weighted by Gasteiger charge is -2.04. The fraction of sp³-hybridized carbons (Fsp3) is 0.900. The van der Waals surface area contributed by atoms with E-state index in [4.69, 9.17) is 4.74 Å². The van der Waals surface area contributed by atoms with Crippen LogP contribution in [0.15, 0.2) is 0 Å². The Bertz CT molecular complexity index is 142. The van der Waals surface area contributed by atoms with Crippen LogP contribution in [0, 0.1) is 0 Å². The van der Waals surface area contributed by atoms with E-state index in [0.29, 0.717) is 6.61 Å². The molecule has 0 fully saturated rings. The number of alkyl halides is 1. The van der Waals surface area contributed by atoms with Gasteiger partial charge in [0.25, 0.3) is 0 Å².